The Hall–Kier alpha value is -4.21. The van der Waals surface area contributed by atoms with Gasteiger partial charge in [0.1, 0.15) is 40.0 Å². The van der Waals surface area contributed by atoms with E-state index in [1.54, 1.807) is 29.9 Å². The topological polar surface area (TPSA) is 141 Å². The van der Waals surface area contributed by atoms with Crippen molar-refractivity contribution in [2.45, 2.75) is 27.7 Å². The molecule has 0 aliphatic rings. The van der Waals surface area contributed by atoms with Gasteiger partial charge in [-0.25, -0.2) is 15.0 Å². The fraction of sp³-hybridized carbons (Fsp3) is 0.261. The molecule has 4 heterocycles. The van der Waals surface area contributed by atoms with Crippen molar-refractivity contribution >= 4 is 28.7 Å². The van der Waals surface area contributed by atoms with Crippen LogP contribution in [-0.4, -0.2) is 42.5 Å². The number of rotatable bonds is 3. The van der Waals surface area contributed by atoms with Gasteiger partial charge in [-0.1, -0.05) is 20.8 Å². The summed E-state index contributed by atoms with van der Waals surface area (Å²) in [5, 5.41) is 2.80. The summed E-state index contributed by atoms with van der Waals surface area (Å²) in [7, 11) is 1.60. The third-order valence-corrected chi connectivity index (χ3v) is 5.42. The Labute approximate surface area is 191 Å². The molecule has 0 saturated heterocycles. The molecule has 0 unspecified atom stereocenters. The molecular weight excluding hydrogens is 418 g/mol. The maximum absolute atomic E-state index is 12.9. The molecule has 33 heavy (non-hydrogen) atoms. The van der Waals surface area contributed by atoms with Gasteiger partial charge in [0, 0.05) is 42.3 Å². The van der Waals surface area contributed by atoms with E-state index in [1.165, 1.54) is 6.20 Å². The van der Waals surface area contributed by atoms with Crippen LogP contribution in [0, 0.1) is 12.3 Å². The quantitative estimate of drug-likeness (QED) is 0.327. The largest absolute Gasteiger partial charge is 0.401 e. The predicted octanol–water partition coefficient (Wildman–Crippen LogP) is 2.58. The van der Waals surface area contributed by atoms with E-state index in [2.05, 4.69) is 25.3 Å². The molecule has 170 valence electrons. The lowest BCUT2D eigenvalue weighted by Crippen LogP contribution is -2.32. The molecular formula is C23H27N9O. The zero-order valence-corrected chi connectivity index (χ0v) is 19.3. The number of nitrogens with two attached hydrogens (primary N) is 2. The van der Waals surface area contributed by atoms with Gasteiger partial charge in [0.05, 0.1) is 6.20 Å². The van der Waals surface area contributed by atoms with E-state index in [-0.39, 0.29) is 11.3 Å². The van der Waals surface area contributed by atoms with Gasteiger partial charge in [-0.05, 0) is 25.1 Å². The maximum atomic E-state index is 12.9. The molecule has 0 saturated carbocycles. The van der Waals surface area contributed by atoms with Gasteiger partial charge in [0.25, 0.3) is 5.91 Å². The van der Waals surface area contributed by atoms with Crippen molar-refractivity contribution in [3.05, 3.63) is 60.2 Å². The summed E-state index contributed by atoms with van der Waals surface area (Å²) < 4.78 is 3.60. The number of carbonyl (C=O) groups excluding carboxylic acids is 1. The van der Waals surface area contributed by atoms with E-state index in [1.807, 2.05) is 50.4 Å². The van der Waals surface area contributed by atoms with Crippen LogP contribution in [0.3, 0.4) is 0 Å². The van der Waals surface area contributed by atoms with Crippen LogP contribution in [-0.2, 0) is 0 Å². The van der Waals surface area contributed by atoms with E-state index >= 15 is 0 Å². The first-order valence-corrected chi connectivity index (χ1v) is 10.4. The summed E-state index contributed by atoms with van der Waals surface area (Å²) in [6.45, 7) is 7.87. The SMILES string of the molecule is CN=C(/C=C(\N)C(C)(C)C)NC(=O)c1cnc2cc(-c3nc(C)n4ccnc(N)c34)ccn12. The molecule has 0 atom stereocenters. The van der Waals surface area contributed by atoms with Gasteiger partial charge >= 0.3 is 0 Å². The van der Waals surface area contributed by atoms with Gasteiger partial charge in [-0.15, -0.1) is 0 Å². The van der Waals surface area contributed by atoms with Crippen molar-refractivity contribution in [2.75, 3.05) is 12.8 Å². The standard InChI is InChI=1S/C23H27N9O/c1-13-29-19(20-21(25)27-7-9-31(13)20)14-6-8-32-15(12-28-18(32)10-14)22(33)30-17(26-5)11-16(24)23(2,3)4/h6-12H,24H2,1-5H3,(H2,25,27)(H,26,30,33)/b16-11-. The lowest BCUT2D eigenvalue weighted by atomic mass is 9.92. The molecule has 5 N–H and O–H groups in total. The molecule has 1 amide bonds. The molecule has 4 aromatic rings. The van der Waals surface area contributed by atoms with Crippen LogP contribution in [0.4, 0.5) is 5.82 Å². The lowest BCUT2D eigenvalue weighted by Gasteiger charge is -2.19. The Morgan fingerprint density at radius 2 is 1.97 bits per heavy atom. The molecule has 10 nitrogen and oxygen atoms in total. The highest BCUT2D eigenvalue weighted by Gasteiger charge is 2.19. The number of fused-ring (bicyclic) bond motifs is 2. The van der Waals surface area contributed by atoms with Crippen molar-refractivity contribution < 1.29 is 4.79 Å². The van der Waals surface area contributed by atoms with Crippen LogP contribution < -0.4 is 16.8 Å². The number of hydrogen-bond donors (Lipinski definition) is 3. The third kappa shape index (κ3) is 4.02. The molecule has 0 aliphatic heterocycles. The number of aromatic nitrogens is 5. The Kier molecular flexibility index (Phi) is 5.36. The number of amides is 1. The van der Waals surface area contributed by atoms with Crippen molar-refractivity contribution in [3.63, 3.8) is 0 Å². The summed E-state index contributed by atoms with van der Waals surface area (Å²) in [6.07, 6.45) is 8.43. The van der Waals surface area contributed by atoms with Crippen LogP contribution in [0.5, 0.6) is 0 Å². The van der Waals surface area contributed by atoms with Gasteiger partial charge < -0.3 is 16.8 Å². The van der Waals surface area contributed by atoms with Crippen LogP contribution in [0.1, 0.15) is 37.1 Å². The number of anilines is 1. The number of pyridine rings is 1. The Bertz CT molecular complexity index is 1430. The van der Waals surface area contributed by atoms with Crippen LogP contribution in [0.2, 0.25) is 0 Å². The van der Waals surface area contributed by atoms with Gasteiger partial charge in [-0.3, -0.25) is 18.6 Å². The first-order chi connectivity index (χ1) is 15.6. The first kappa shape index (κ1) is 22.0. The number of aliphatic imine (C=N–C) groups is 1. The molecule has 0 fully saturated rings. The molecule has 4 aromatic heterocycles. The van der Waals surface area contributed by atoms with E-state index in [0.29, 0.717) is 34.4 Å². The van der Waals surface area contributed by atoms with Crippen LogP contribution in [0.15, 0.2) is 53.7 Å². The second-order valence-corrected chi connectivity index (χ2v) is 8.74. The van der Waals surface area contributed by atoms with Crippen LogP contribution >= 0.6 is 0 Å². The highest BCUT2D eigenvalue weighted by molar-refractivity contribution is 6.10. The Morgan fingerprint density at radius 1 is 1.21 bits per heavy atom. The lowest BCUT2D eigenvalue weighted by molar-refractivity contribution is 0.0971. The number of nitrogens with one attached hydrogen (secondary N) is 1. The van der Waals surface area contributed by atoms with Crippen LogP contribution in [0.25, 0.3) is 22.4 Å². The average molecular weight is 446 g/mol. The van der Waals surface area contributed by atoms with E-state index in [9.17, 15) is 4.79 Å². The normalized spacial score (nSPS) is 13.1. The molecule has 4 rings (SSSR count). The molecule has 0 spiro atoms. The van der Waals surface area contributed by atoms with Crippen molar-refractivity contribution in [1.82, 2.24) is 29.1 Å². The molecule has 0 bridgehead atoms. The smallest absolute Gasteiger partial charge is 0.275 e. The fourth-order valence-electron chi connectivity index (χ4n) is 3.41. The Morgan fingerprint density at radius 3 is 2.67 bits per heavy atom. The summed E-state index contributed by atoms with van der Waals surface area (Å²) in [4.78, 5) is 30.3. The minimum atomic E-state index is -0.342. The summed E-state index contributed by atoms with van der Waals surface area (Å²) in [6, 6.07) is 3.73. The molecule has 0 radical (unpaired) electrons. The maximum Gasteiger partial charge on any atom is 0.275 e. The number of aryl methyl sites for hydroxylation is 1. The second kappa shape index (κ2) is 8.05. The summed E-state index contributed by atoms with van der Waals surface area (Å²) in [5.74, 6) is 1.23. The minimum Gasteiger partial charge on any atom is -0.401 e. The molecule has 10 heteroatoms. The number of nitrogen functional groups attached to an aromatic ring is 1. The zero-order chi connectivity index (χ0) is 23.9. The predicted molar refractivity (Wildman–Crippen MR) is 129 cm³/mol. The van der Waals surface area contributed by atoms with E-state index in [0.717, 1.165) is 16.9 Å². The monoisotopic (exact) mass is 445 g/mol. The second-order valence-electron chi connectivity index (χ2n) is 8.74. The highest BCUT2D eigenvalue weighted by atomic mass is 16.2. The van der Waals surface area contributed by atoms with Crippen molar-refractivity contribution in [3.8, 4) is 11.3 Å². The average Bonchev–Trinajstić information content (AvgIpc) is 3.34. The van der Waals surface area contributed by atoms with E-state index < -0.39 is 0 Å². The van der Waals surface area contributed by atoms with E-state index in [4.69, 9.17) is 11.5 Å². The number of amidine groups is 1. The number of nitrogens with zero attached hydrogens (tertiary/aromatic N) is 6. The van der Waals surface area contributed by atoms with Gasteiger partial charge in [-0.2, -0.15) is 0 Å². The van der Waals surface area contributed by atoms with Crippen molar-refractivity contribution in [1.29, 1.82) is 0 Å². The third-order valence-electron chi connectivity index (χ3n) is 5.42. The van der Waals surface area contributed by atoms with Gasteiger partial charge in [0.15, 0.2) is 0 Å². The number of imidazole rings is 2. The highest BCUT2D eigenvalue weighted by Crippen LogP contribution is 2.28. The summed E-state index contributed by atoms with van der Waals surface area (Å²) in [5.41, 5.74) is 15.8. The number of carbonyl (C=O) groups is 1. The van der Waals surface area contributed by atoms with Gasteiger partial charge in [0.2, 0.25) is 0 Å². The fourth-order valence-corrected chi connectivity index (χ4v) is 3.41. The minimum absolute atomic E-state index is 0.241. The summed E-state index contributed by atoms with van der Waals surface area (Å²) >= 11 is 0. The Balaban J connectivity index is 1.68. The number of allylic oxidation sites excluding steroid dienone is 1. The number of hydrogen-bond acceptors (Lipinski definition) is 7. The first-order valence-electron chi connectivity index (χ1n) is 10.4. The van der Waals surface area contributed by atoms with Crippen molar-refractivity contribution in [2.24, 2.45) is 16.1 Å². The molecule has 0 aromatic carbocycles. The molecule has 0 aliphatic carbocycles. The zero-order valence-electron chi connectivity index (χ0n) is 19.3.